The zero-order valence-electron chi connectivity index (χ0n) is 10.6. The molecule has 19 heavy (non-hydrogen) atoms. The number of carbonyl (C=O) groups excluding carboxylic acids is 1. The van der Waals surface area contributed by atoms with Crippen molar-refractivity contribution >= 4 is 5.97 Å². The van der Waals surface area contributed by atoms with E-state index in [2.05, 4.69) is 0 Å². The van der Waals surface area contributed by atoms with E-state index in [9.17, 15) is 13.6 Å². The number of alkyl halides is 2. The molecule has 0 aromatic heterocycles. The van der Waals surface area contributed by atoms with Gasteiger partial charge in [-0.15, -0.1) is 0 Å². The number of hydrogen-bond donors (Lipinski definition) is 0. The zero-order valence-corrected chi connectivity index (χ0v) is 10.6. The summed E-state index contributed by atoms with van der Waals surface area (Å²) in [7, 11) is 2.87. The molecule has 0 radical (unpaired) electrons. The van der Waals surface area contributed by atoms with Crippen LogP contribution in [-0.4, -0.2) is 26.6 Å². The van der Waals surface area contributed by atoms with Gasteiger partial charge >= 0.3 is 5.97 Å². The third kappa shape index (κ3) is 2.22. The summed E-state index contributed by atoms with van der Waals surface area (Å²) in [5, 5.41) is 0. The van der Waals surface area contributed by atoms with E-state index in [4.69, 9.17) is 14.2 Å². The van der Waals surface area contributed by atoms with Gasteiger partial charge in [0, 0.05) is 18.4 Å². The fourth-order valence-electron chi connectivity index (χ4n) is 2.18. The first-order chi connectivity index (χ1) is 9.03. The molecule has 4 nitrogen and oxygen atoms in total. The van der Waals surface area contributed by atoms with Crippen molar-refractivity contribution in [3.05, 3.63) is 23.8 Å². The van der Waals surface area contributed by atoms with Crippen molar-refractivity contribution in [2.75, 3.05) is 14.2 Å². The smallest absolute Gasteiger partial charge is 0.307 e. The highest BCUT2D eigenvalue weighted by atomic mass is 19.3. The number of methoxy groups -OCH3 is 2. The first-order valence-corrected chi connectivity index (χ1v) is 5.76. The molecule has 1 aromatic carbocycles. The Kier molecular flexibility index (Phi) is 3.59. The third-order valence-corrected chi connectivity index (χ3v) is 3.22. The topological polar surface area (TPSA) is 44.8 Å². The van der Waals surface area contributed by atoms with Crippen LogP contribution in [0.2, 0.25) is 0 Å². The van der Waals surface area contributed by atoms with Crippen LogP contribution in [0.3, 0.4) is 0 Å². The lowest BCUT2D eigenvalue weighted by atomic mass is 9.91. The molecule has 1 aliphatic heterocycles. The van der Waals surface area contributed by atoms with Crippen LogP contribution >= 0.6 is 0 Å². The Morgan fingerprint density at radius 2 is 1.95 bits per heavy atom. The van der Waals surface area contributed by atoms with Gasteiger partial charge in [0.15, 0.2) is 17.1 Å². The van der Waals surface area contributed by atoms with Crippen molar-refractivity contribution in [2.24, 2.45) is 0 Å². The molecule has 1 saturated heterocycles. The minimum Gasteiger partial charge on any atom is -0.493 e. The molecular formula is C13H14F2O4. The Morgan fingerprint density at radius 1 is 1.26 bits per heavy atom. The maximum atomic E-state index is 13.3. The van der Waals surface area contributed by atoms with Gasteiger partial charge in [0.1, 0.15) is 0 Å². The van der Waals surface area contributed by atoms with Crippen LogP contribution < -0.4 is 9.47 Å². The van der Waals surface area contributed by atoms with E-state index in [1.54, 1.807) is 0 Å². The highest BCUT2D eigenvalue weighted by molar-refractivity contribution is 5.73. The molecule has 1 unspecified atom stereocenters. The molecule has 0 aliphatic carbocycles. The molecular weight excluding hydrogens is 258 g/mol. The lowest BCUT2D eigenvalue weighted by Crippen LogP contribution is -2.34. The molecule has 0 saturated carbocycles. The zero-order chi connectivity index (χ0) is 14.0. The molecule has 1 atom stereocenters. The molecule has 1 aliphatic rings. The van der Waals surface area contributed by atoms with Gasteiger partial charge in [-0.2, -0.15) is 0 Å². The average Bonchev–Trinajstić information content (AvgIpc) is 2.81. The monoisotopic (exact) mass is 272 g/mol. The van der Waals surface area contributed by atoms with Crippen LogP contribution in [0, 0.1) is 0 Å². The second-order valence-electron chi connectivity index (χ2n) is 4.23. The van der Waals surface area contributed by atoms with Gasteiger partial charge < -0.3 is 14.2 Å². The lowest BCUT2D eigenvalue weighted by molar-refractivity contribution is -0.165. The molecule has 1 heterocycles. The van der Waals surface area contributed by atoms with E-state index >= 15 is 0 Å². The van der Waals surface area contributed by atoms with E-state index in [0.717, 1.165) is 0 Å². The number of halogens is 2. The first kappa shape index (κ1) is 13.6. The number of hydrogen-bond acceptors (Lipinski definition) is 4. The summed E-state index contributed by atoms with van der Waals surface area (Å²) in [5.74, 6) is 0.137. The Labute approximate surface area is 109 Å². The third-order valence-electron chi connectivity index (χ3n) is 3.22. The van der Waals surface area contributed by atoms with Crippen molar-refractivity contribution in [1.29, 1.82) is 0 Å². The van der Waals surface area contributed by atoms with Crippen molar-refractivity contribution < 1.29 is 27.8 Å². The van der Waals surface area contributed by atoms with Gasteiger partial charge in [0.25, 0.3) is 6.43 Å². The van der Waals surface area contributed by atoms with Gasteiger partial charge in [0.05, 0.1) is 14.2 Å². The molecule has 1 fully saturated rings. The van der Waals surface area contributed by atoms with Gasteiger partial charge in [-0.3, -0.25) is 4.79 Å². The Morgan fingerprint density at radius 3 is 2.42 bits per heavy atom. The summed E-state index contributed by atoms with van der Waals surface area (Å²) >= 11 is 0. The Hall–Kier alpha value is -1.85. The van der Waals surface area contributed by atoms with E-state index in [1.807, 2.05) is 0 Å². The molecule has 2 rings (SSSR count). The number of esters is 1. The molecule has 6 heteroatoms. The predicted molar refractivity (Wildman–Crippen MR) is 62.6 cm³/mol. The van der Waals surface area contributed by atoms with Crippen LogP contribution in [0.15, 0.2) is 18.2 Å². The standard InChI is InChI=1S/C13H14F2O4/c1-17-9-4-3-8(7-10(9)18-2)13(12(14)15)6-5-11(16)19-13/h3-4,7,12H,5-6H2,1-2H3. The number of rotatable bonds is 4. The molecule has 0 N–H and O–H groups in total. The SMILES string of the molecule is COc1ccc(C2(C(F)F)CCC(=O)O2)cc1OC. The second-order valence-corrected chi connectivity index (χ2v) is 4.23. The van der Waals surface area contributed by atoms with E-state index < -0.39 is 18.0 Å². The van der Waals surface area contributed by atoms with Gasteiger partial charge in [-0.25, -0.2) is 8.78 Å². The molecule has 0 spiro atoms. The fourth-order valence-corrected chi connectivity index (χ4v) is 2.18. The normalized spacial score (nSPS) is 22.5. The van der Waals surface area contributed by atoms with Crippen molar-refractivity contribution in [2.45, 2.75) is 24.9 Å². The summed E-state index contributed by atoms with van der Waals surface area (Å²) in [6.07, 6.45) is -2.85. The summed E-state index contributed by atoms with van der Waals surface area (Å²) in [4.78, 5) is 11.2. The van der Waals surface area contributed by atoms with Gasteiger partial charge in [-0.05, 0) is 12.1 Å². The van der Waals surface area contributed by atoms with E-state index in [1.165, 1.54) is 32.4 Å². The van der Waals surface area contributed by atoms with Crippen LogP contribution in [0.25, 0.3) is 0 Å². The molecule has 0 bridgehead atoms. The molecule has 0 amide bonds. The summed E-state index contributed by atoms with van der Waals surface area (Å²) in [5.41, 5.74) is -1.66. The number of benzene rings is 1. The van der Waals surface area contributed by atoms with Crippen molar-refractivity contribution in [3.8, 4) is 11.5 Å². The quantitative estimate of drug-likeness (QED) is 0.790. The number of cyclic esters (lactones) is 1. The van der Waals surface area contributed by atoms with Crippen molar-refractivity contribution in [1.82, 2.24) is 0 Å². The minimum absolute atomic E-state index is 0.0152. The van der Waals surface area contributed by atoms with Crippen LogP contribution in [-0.2, 0) is 15.1 Å². The van der Waals surface area contributed by atoms with Crippen LogP contribution in [0.5, 0.6) is 11.5 Å². The predicted octanol–water partition coefficient (Wildman–Crippen LogP) is 2.50. The Bertz CT molecular complexity index is 490. The van der Waals surface area contributed by atoms with Gasteiger partial charge in [0.2, 0.25) is 0 Å². The van der Waals surface area contributed by atoms with Gasteiger partial charge in [-0.1, -0.05) is 6.07 Å². The summed E-state index contributed by atoms with van der Waals surface area (Å²) < 4.78 is 41.7. The largest absolute Gasteiger partial charge is 0.493 e. The second kappa shape index (κ2) is 5.03. The fraction of sp³-hybridized carbons (Fsp3) is 0.462. The lowest BCUT2D eigenvalue weighted by Gasteiger charge is -2.27. The summed E-state index contributed by atoms with van der Waals surface area (Å²) in [6.45, 7) is 0. The first-order valence-electron chi connectivity index (χ1n) is 5.76. The minimum atomic E-state index is -2.79. The number of carbonyl (C=O) groups is 1. The highest BCUT2D eigenvalue weighted by Gasteiger charge is 2.50. The van der Waals surface area contributed by atoms with Crippen LogP contribution in [0.4, 0.5) is 8.78 Å². The maximum absolute atomic E-state index is 13.3. The molecule has 104 valence electrons. The van der Waals surface area contributed by atoms with Crippen LogP contribution in [0.1, 0.15) is 18.4 Å². The maximum Gasteiger partial charge on any atom is 0.307 e. The average molecular weight is 272 g/mol. The van der Waals surface area contributed by atoms with E-state index in [-0.39, 0.29) is 18.4 Å². The number of ether oxygens (including phenoxy) is 3. The molecule has 1 aromatic rings. The highest BCUT2D eigenvalue weighted by Crippen LogP contribution is 2.44. The van der Waals surface area contributed by atoms with E-state index in [0.29, 0.717) is 11.5 Å². The summed E-state index contributed by atoms with van der Waals surface area (Å²) in [6, 6.07) is 4.40. The van der Waals surface area contributed by atoms with Crippen molar-refractivity contribution in [3.63, 3.8) is 0 Å². The Balaban J connectivity index is 2.46.